The molecule has 154 valence electrons. The summed E-state index contributed by atoms with van der Waals surface area (Å²) in [6, 6.07) is 8.27. The second-order valence-electron chi connectivity index (χ2n) is 8.05. The lowest BCUT2D eigenvalue weighted by molar-refractivity contribution is -0.151. The van der Waals surface area contributed by atoms with Crippen molar-refractivity contribution in [3.63, 3.8) is 0 Å². The SMILES string of the molecule is CCc1ccc(-n2nc(C(=O)N3CCC(COC)(C(=O)O)C3)c3c2CCC3)cc1. The molecule has 29 heavy (non-hydrogen) atoms. The number of ether oxygens (including phenoxy) is 1. The minimum atomic E-state index is -1.04. The average molecular weight is 397 g/mol. The molecule has 1 saturated heterocycles. The summed E-state index contributed by atoms with van der Waals surface area (Å²) in [5.41, 5.74) is 3.75. The number of benzene rings is 1. The number of carboxylic acid groups (broad SMARTS) is 1. The molecule has 2 aromatic rings. The van der Waals surface area contributed by atoms with Crippen molar-refractivity contribution in [3.8, 4) is 5.69 Å². The molecule has 1 aromatic heterocycles. The number of carbonyl (C=O) groups excluding carboxylic acids is 1. The zero-order valence-corrected chi connectivity index (χ0v) is 17.0. The number of amides is 1. The number of nitrogens with zero attached hydrogens (tertiary/aromatic N) is 3. The van der Waals surface area contributed by atoms with Gasteiger partial charge in [-0.1, -0.05) is 19.1 Å². The Kier molecular flexibility index (Phi) is 5.17. The van der Waals surface area contributed by atoms with E-state index in [0.717, 1.165) is 42.6 Å². The lowest BCUT2D eigenvalue weighted by Crippen LogP contribution is -2.40. The van der Waals surface area contributed by atoms with Crippen molar-refractivity contribution in [1.29, 1.82) is 0 Å². The Bertz CT molecular complexity index is 934. The number of aryl methyl sites for hydroxylation is 1. The maximum atomic E-state index is 13.3. The summed E-state index contributed by atoms with van der Waals surface area (Å²) >= 11 is 0. The summed E-state index contributed by atoms with van der Waals surface area (Å²) in [6.07, 6.45) is 4.10. The molecule has 1 N–H and O–H groups in total. The van der Waals surface area contributed by atoms with Crippen molar-refractivity contribution < 1.29 is 19.4 Å². The third kappa shape index (κ3) is 3.33. The van der Waals surface area contributed by atoms with Gasteiger partial charge >= 0.3 is 5.97 Å². The second kappa shape index (κ2) is 7.63. The molecular weight excluding hydrogens is 370 g/mol. The average Bonchev–Trinajstić information content (AvgIpc) is 3.43. The van der Waals surface area contributed by atoms with Gasteiger partial charge in [-0.3, -0.25) is 9.59 Å². The molecular formula is C22H27N3O4. The van der Waals surface area contributed by atoms with E-state index in [1.165, 1.54) is 12.7 Å². The van der Waals surface area contributed by atoms with Crippen molar-refractivity contribution in [1.82, 2.24) is 14.7 Å². The summed E-state index contributed by atoms with van der Waals surface area (Å²) in [4.78, 5) is 26.7. The molecule has 1 amide bonds. The number of fused-ring (bicyclic) bond motifs is 1. The van der Waals surface area contributed by atoms with Gasteiger partial charge in [0.25, 0.3) is 5.91 Å². The highest BCUT2D eigenvalue weighted by atomic mass is 16.5. The van der Waals surface area contributed by atoms with Crippen LogP contribution in [0.15, 0.2) is 24.3 Å². The van der Waals surface area contributed by atoms with Crippen LogP contribution in [-0.2, 0) is 28.8 Å². The minimum Gasteiger partial charge on any atom is -0.481 e. The molecule has 0 radical (unpaired) electrons. The van der Waals surface area contributed by atoms with Gasteiger partial charge in [-0.15, -0.1) is 0 Å². The van der Waals surface area contributed by atoms with E-state index in [-0.39, 0.29) is 19.1 Å². The summed E-state index contributed by atoms with van der Waals surface area (Å²) < 4.78 is 7.03. The first-order chi connectivity index (χ1) is 14.0. The fraction of sp³-hybridized carbons (Fsp3) is 0.500. The van der Waals surface area contributed by atoms with Crippen LogP contribution in [0.5, 0.6) is 0 Å². The fourth-order valence-corrected chi connectivity index (χ4v) is 4.52. The molecule has 1 aromatic carbocycles. The zero-order valence-electron chi connectivity index (χ0n) is 17.0. The molecule has 7 nitrogen and oxygen atoms in total. The number of rotatable bonds is 6. The molecule has 4 rings (SSSR count). The van der Waals surface area contributed by atoms with Crippen LogP contribution in [0.4, 0.5) is 0 Å². The number of aromatic nitrogens is 2. The molecule has 1 unspecified atom stereocenters. The van der Waals surface area contributed by atoms with Crippen LogP contribution in [0.25, 0.3) is 5.69 Å². The highest BCUT2D eigenvalue weighted by Crippen LogP contribution is 2.34. The predicted octanol–water partition coefficient (Wildman–Crippen LogP) is 2.49. The smallest absolute Gasteiger partial charge is 0.313 e. The largest absolute Gasteiger partial charge is 0.481 e. The van der Waals surface area contributed by atoms with Crippen molar-refractivity contribution in [2.45, 2.75) is 39.0 Å². The first-order valence-electron chi connectivity index (χ1n) is 10.2. The Morgan fingerprint density at radius 1 is 1.24 bits per heavy atom. The van der Waals surface area contributed by atoms with Crippen LogP contribution < -0.4 is 0 Å². The van der Waals surface area contributed by atoms with Gasteiger partial charge in [-0.05, 0) is 49.8 Å². The maximum absolute atomic E-state index is 13.3. The molecule has 1 atom stereocenters. The van der Waals surface area contributed by atoms with Crippen molar-refractivity contribution in [3.05, 3.63) is 46.8 Å². The van der Waals surface area contributed by atoms with E-state index >= 15 is 0 Å². The van der Waals surface area contributed by atoms with E-state index < -0.39 is 11.4 Å². The fourth-order valence-electron chi connectivity index (χ4n) is 4.52. The van der Waals surface area contributed by atoms with Crippen LogP contribution in [0.2, 0.25) is 0 Å². The lowest BCUT2D eigenvalue weighted by Gasteiger charge is -2.23. The van der Waals surface area contributed by atoms with E-state index in [1.807, 2.05) is 16.8 Å². The van der Waals surface area contributed by atoms with Crippen molar-refractivity contribution in [2.24, 2.45) is 5.41 Å². The molecule has 2 heterocycles. The summed E-state index contributed by atoms with van der Waals surface area (Å²) in [6.45, 7) is 2.78. The van der Waals surface area contributed by atoms with Crippen LogP contribution in [0.1, 0.15) is 47.1 Å². The Balaban J connectivity index is 1.64. The molecule has 0 spiro atoms. The van der Waals surface area contributed by atoms with Crippen LogP contribution in [0.3, 0.4) is 0 Å². The standard InChI is InChI=1S/C22H27N3O4/c1-3-15-7-9-16(10-8-15)25-18-6-4-5-17(18)19(23-25)20(26)24-12-11-22(13-24,14-29-2)21(27)28/h7-10H,3-6,11-14H2,1-2H3,(H,27,28). The number of aliphatic carboxylic acids is 1. The summed E-state index contributed by atoms with van der Waals surface area (Å²) in [5.74, 6) is -1.09. The number of carbonyl (C=O) groups is 2. The predicted molar refractivity (Wildman–Crippen MR) is 107 cm³/mol. The Hall–Kier alpha value is -2.67. The molecule has 0 saturated carbocycles. The van der Waals surface area contributed by atoms with Crippen LogP contribution in [0, 0.1) is 5.41 Å². The van der Waals surface area contributed by atoms with Gasteiger partial charge in [-0.2, -0.15) is 5.10 Å². The van der Waals surface area contributed by atoms with E-state index in [4.69, 9.17) is 4.74 Å². The topological polar surface area (TPSA) is 84.7 Å². The number of hydrogen-bond donors (Lipinski definition) is 1. The zero-order chi connectivity index (χ0) is 20.6. The van der Waals surface area contributed by atoms with E-state index in [0.29, 0.717) is 18.7 Å². The summed E-state index contributed by atoms with van der Waals surface area (Å²) in [5, 5.41) is 14.4. The lowest BCUT2D eigenvalue weighted by atomic mass is 9.88. The van der Waals surface area contributed by atoms with Crippen LogP contribution >= 0.6 is 0 Å². The first-order valence-corrected chi connectivity index (χ1v) is 10.2. The van der Waals surface area contributed by atoms with E-state index in [1.54, 1.807) is 4.90 Å². The number of hydrogen-bond acceptors (Lipinski definition) is 4. The van der Waals surface area contributed by atoms with Crippen molar-refractivity contribution in [2.75, 3.05) is 26.8 Å². The molecule has 7 heteroatoms. The molecule has 0 bridgehead atoms. The van der Waals surface area contributed by atoms with Gasteiger partial charge < -0.3 is 14.7 Å². The van der Waals surface area contributed by atoms with Gasteiger partial charge in [0.05, 0.1) is 12.3 Å². The first kappa shape index (κ1) is 19.6. The Morgan fingerprint density at radius 2 is 2.00 bits per heavy atom. The third-order valence-electron chi connectivity index (χ3n) is 6.24. The summed E-state index contributed by atoms with van der Waals surface area (Å²) in [7, 11) is 1.49. The van der Waals surface area contributed by atoms with Gasteiger partial charge in [-0.25, -0.2) is 4.68 Å². The number of carboxylic acids is 1. The van der Waals surface area contributed by atoms with Gasteiger partial charge in [0.2, 0.25) is 0 Å². The molecule has 1 aliphatic heterocycles. The Morgan fingerprint density at radius 3 is 2.66 bits per heavy atom. The third-order valence-corrected chi connectivity index (χ3v) is 6.24. The van der Waals surface area contributed by atoms with E-state index in [2.05, 4.69) is 24.2 Å². The van der Waals surface area contributed by atoms with Crippen LogP contribution in [-0.4, -0.2) is 58.5 Å². The molecule has 2 aliphatic rings. The minimum absolute atomic E-state index is 0.0996. The quantitative estimate of drug-likeness (QED) is 0.810. The number of likely N-dealkylation sites (tertiary alicyclic amines) is 1. The van der Waals surface area contributed by atoms with Gasteiger partial charge in [0.15, 0.2) is 5.69 Å². The van der Waals surface area contributed by atoms with Crippen molar-refractivity contribution >= 4 is 11.9 Å². The second-order valence-corrected chi connectivity index (χ2v) is 8.05. The Labute approximate surface area is 170 Å². The maximum Gasteiger partial charge on any atom is 0.313 e. The van der Waals surface area contributed by atoms with Gasteiger partial charge in [0.1, 0.15) is 5.41 Å². The molecule has 1 aliphatic carbocycles. The number of methoxy groups -OCH3 is 1. The molecule has 1 fully saturated rings. The highest BCUT2D eigenvalue weighted by Gasteiger charge is 2.47. The van der Waals surface area contributed by atoms with E-state index in [9.17, 15) is 14.7 Å². The van der Waals surface area contributed by atoms with Gasteiger partial charge in [0, 0.05) is 31.5 Å². The normalized spacial score (nSPS) is 20.8. The monoisotopic (exact) mass is 397 g/mol. The highest BCUT2D eigenvalue weighted by molar-refractivity contribution is 5.95.